The molecule has 1 aliphatic rings. The predicted molar refractivity (Wildman–Crippen MR) is 67.8 cm³/mol. The summed E-state index contributed by atoms with van der Waals surface area (Å²) in [5, 5.41) is 16.3. The Morgan fingerprint density at radius 1 is 1.11 bits per heavy atom. The van der Waals surface area contributed by atoms with Crippen molar-refractivity contribution in [3.63, 3.8) is 0 Å². The number of rotatable bonds is 2. The van der Waals surface area contributed by atoms with Gasteiger partial charge in [-0.2, -0.15) is 0 Å². The summed E-state index contributed by atoms with van der Waals surface area (Å²) in [5.74, 6) is -1.90. The molecule has 0 radical (unpaired) electrons. The molecule has 1 aromatic carbocycles. The van der Waals surface area contributed by atoms with Crippen LogP contribution in [0.5, 0.6) is 0 Å². The van der Waals surface area contributed by atoms with Gasteiger partial charge < -0.3 is 10.2 Å². The van der Waals surface area contributed by atoms with Crippen molar-refractivity contribution in [3.8, 4) is 0 Å². The van der Waals surface area contributed by atoms with Crippen LogP contribution in [0, 0.1) is 0 Å². The van der Waals surface area contributed by atoms with Gasteiger partial charge in [0.25, 0.3) is 11.8 Å². The second-order valence-corrected chi connectivity index (χ2v) is 3.51. The maximum absolute atomic E-state index is 11.3. The molecule has 2 N–H and O–H groups in total. The number of aromatic carboxylic acids is 1. The van der Waals surface area contributed by atoms with E-state index < -0.39 is 17.8 Å². The minimum Gasteiger partial charge on any atom is -0.478 e. The number of imide groups is 1. The first kappa shape index (κ1) is 14.6. The molecule has 1 aliphatic heterocycles. The first-order valence-electron chi connectivity index (χ1n) is 5.51. The smallest absolute Gasteiger partial charge is 0.335 e. The SMILES string of the molecule is CCO.O=C(O)c1ccc(N2C(=O)C=CC2=O)cc1. The summed E-state index contributed by atoms with van der Waals surface area (Å²) < 4.78 is 0. The van der Waals surface area contributed by atoms with Crippen molar-refractivity contribution in [3.05, 3.63) is 42.0 Å². The highest BCUT2D eigenvalue weighted by Crippen LogP contribution is 2.19. The first-order chi connectivity index (χ1) is 9.01. The predicted octanol–water partition coefficient (Wildman–Crippen LogP) is 0.813. The van der Waals surface area contributed by atoms with E-state index in [1.165, 1.54) is 36.4 Å². The number of anilines is 1. The van der Waals surface area contributed by atoms with Crippen LogP contribution in [0.25, 0.3) is 0 Å². The molecule has 0 aliphatic carbocycles. The van der Waals surface area contributed by atoms with Gasteiger partial charge in [0.05, 0.1) is 11.3 Å². The lowest BCUT2D eigenvalue weighted by Crippen LogP contribution is -2.29. The van der Waals surface area contributed by atoms with Crippen molar-refractivity contribution >= 4 is 23.5 Å². The zero-order valence-electron chi connectivity index (χ0n) is 10.2. The normalized spacial score (nSPS) is 13.3. The van der Waals surface area contributed by atoms with Crippen molar-refractivity contribution in [2.75, 3.05) is 11.5 Å². The molecule has 0 bridgehead atoms. The largest absolute Gasteiger partial charge is 0.478 e. The molecule has 0 spiro atoms. The topological polar surface area (TPSA) is 94.9 Å². The fourth-order valence-electron chi connectivity index (χ4n) is 1.41. The van der Waals surface area contributed by atoms with E-state index in [0.29, 0.717) is 5.69 Å². The van der Waals surface area contributed by atoms with Gasteiger partial charge in [0.1, 0.15) is 0 Å². The molecule has 0 atom stereocenters. The highest BCUT2D eigenvalue weighted by molar-refractivity contribution is 6.28. The van der Waals surface area contributed by atoms with Gasteiger partial charge >= 0.3 is 5.97 Å². The average Bonchev–Trinajstić information content (AvgIpc) is 2.70. The number of hydrogen-bond acceptors (Lipinski definition) is 4. The molecule has 0 saturated carbocycles. The second-order valence-electron chi connectivity index (χ2n) is 3.51. The van der Waals surface area contributed by atoms with Gasteiger partial charge in [0.2, 0.25) is 0 Å². The Labute approximate surface area is 109 Å². The molecular weight excluding hydrogens is 250 g/mol. The van der Waals surface area contributed by atoms with E-state index in [1.54, 1.807) is 6.92 Å². The second kappa shape index (κ2) is 6.46. The molecule has 0 saturated heterocycles. The monoisotopic (exact) mass is 263 g/mol. The molecule has 1 aromatic rings. The molecule has 0 aromatic heterocycles. The van der Waals surface area contributed by atoms with Crippen LogP contribution >= 0.6 is 0 Å². The van der Waals surface area contributed by atoms with Crippen LogP contribution in [0.2, 0.25) is 0 Å². The molecule has 6 heteroatoms. The number of hydrogen-bond donors (Lipinski definition) is 2. The highest BCUT2D eigenvalue weighted by atomic mass is 16.4. The zero-order chi connectivity index (χ0) is 14.4. The number of carboxylic acid groups (broad SMARTS) is 1. The zero-order valence-corrected chi connectivity index (χ0v) is 10.2. The minimum absolute atomic E-state index is 0.107. The van der Waals surface area contributed by atoms with Gasteiger partial charge in [-0.05, 0) is 31.2 Å². The molecular formula is C13H13NO5. The molecule has 2 rings (SSSR count). The van der Waals surface area contributed by atoms with E-state index in [9.17, 15) is 14.4 Å². The number of carboxylic acids is 1. The number of amides is 2. The number of aliphatic hydroxyl groups is 1. The lowest BCUT2D eigenvalue weighted by atomic mass is 10.2. The van der Waals surface area contributed by atoms with Gasteiger partial charge in [-0.25, -0.2) is 9.69 Å². The Kier molecular flexibility index (Phi) is 4.96. The van der Waals surface area contributed by atoms with Crippen molar-refractivity contribution in [1.82, 2.24) is 0 Å². The lowest BCUT2D eigenvalue weighted by molar-refractivity contribution is -0.119. The number of aliphatic hydroxyl groups excluding tert-OH is 1. The van der Waals surface area contributed by atoms with Crippen LogP contribution in [0.1, 0.15) is 17.3 Å². The molecule has 6 nitrogen and oxygen atoms in total. The Morgan fingerprint density at radius 2 is 1.53 bits per heavy atom. The fraction of sp³-hybridized carbons (Fsp3) is 0.154. The summed E-state index contributed by atoms with van der Waals surface area (Å²) in [6.07, 6.45) is 2.35. The van der Waals surface area contributed by atoms with Crippen molar-refractivity contribution in [2.45, 2.75) is 6.92 Å². The van der Waals surface area contributed by atoms with Crippen molar-refractivity contribution in [2.24, 2.45) is 0 Å². The van der Waals surface area contributed by atoms with E-state index in [2.05, 4.69) is 0 Å². The first-order valence-corrected chi connectivity index (χ1v) is 5.51. The third kappa shape index (κ3) is 3.49. The van der Waals surface area contributed by atoms with Gasteiger partial charge in [0, 0.05) is 18.8 Å². The third-order valence-corrected chi connectivity index (χ3v) is 2.18. The van der Waals surface area contributed by atoms with E-state index in [0.717, 1.165) is 4.90 Å². The van der Waals surface area contributed by atoms with Crippen molar-refractivity contribution in [1.29, 1.82) is 0 Å². The van der Waals surface area contributed by atoms with Crippen LogP contribution in [-0.2, 0) is 9.59 Å². The van der Waals surface area contributed by atoms with Crippen LogP contribution in [0.4, 0.5) is 5.69 Å². The van der Waals surface area contributed by atoms with Gasteiger partial charge in [-0.3, -0.25) is 9.59 Å². The maximum Gasteiger partial charge on any atom is 0.335 e. The van der Waals surface area contributed by atoms with E-state index >= 15 is 0 Å². The van der Waals surface area contributed by atoms with E-state index in [4.69, 9.17) is 10.2 Å². The Balaban J connectivity index is 0.000000550. The number of carbonyl (C=O) groups is 3. The molecule has 1 heterocycles. The Bertz CT molecular complexity index is 500. The molecule has 2 amide bonds. The molecule has 100 valence electrons. The van der Waals surface area contributed by atoms with Crippen LogP contribution < -0.4 is 4.90 Å². The summed E-state index contributed by atoms with van der Waals surface area (Å²) in [4.78, 5) is 34.2. The van der Waals surface area contributed by atoms with Crippen LogP contribution in [0.15, 0.2) is 36.4 Å². The van der Waals surface area contributed by atoms with Gasteiger partial charge in [-0.15, -0.1) is 0 Å². The summed E-state index contributed by atoms with van der Waals surface area (Å²) in [6, 6.07) is 5.53. The van der Waals surface area contributed by atoms with Gasteiger partial charge in [-0.1, -0.05) is 0 Å². The minimum atomic E-state index is -1.05. The maximum atomic E-state index is 11.3. The molecule has 0 unspecified atom stereocenters. The molecule has 19 heavy (non-hydrogen) atoms. The van der Waals surface area contributed by atoms with E-state index in [-0.39, 0.29) is 12.2 Å². The Hall–Kier alpha value is -2.47. The highest BCUT2D eigenvalue weighted by Gasteiger charge is 2.24. The standard InChI is InChI=1S/C11H7NO4.C2H6O/c13-9-5-6-10(14)12(9)8-3-1-7(2-4-8)11(15)16;1-2-3/h1-6H,(H,15,16);3H,2H2,1H3. The van der Waals surface area contributed by atoms with E-state index in [1.807, 2.05) is 0 Å². The lowest BCUT2D eigenvalue weighted by Gasteiger charge is -2.13. The number of carbonyl (C=O) groups excluding carboxylic acids is 2. The number of benzene rings is 1. The van der Waals surface area contributed by atoms with Gasteiger partial charge in [0.15, 0.2) is 0 Å². The van der Waals surface area contributed by atoms with Crippen molar-refractivity contribution < 1.29 is 24.6 Å². The Morgan fingerprint density at radius 3 is 1.89 bits per heavy atom. The fourth-order valence-corrected chi connectivity index (χ4v) is 1.41. The number of nitrogens with zero attached hydrogens (tertiary/aromatic N) is 1. The summed E-state index contributed by atoms with van der Waals surface area (Å²) >= 11 is 0. The van der Waals surface area contributed by atoms with Crippen LogP contribution in [0.3, 0.4) is 0 Å². The average molecular weight is 263 g/mol. The summed E-state index contributed by atoms with van der Waals surface area (Å²) in [7, 11) is 0. The third-order valence-electron chi connectivity index (χ3n) is 2.18. The summed E-state index contributed by atoms with van der Waals surface area (Å²) in [5.41, 5.74) is 0.473. The van der Waals surface area contributed by atoms with Crippen LogP contribution in [-0.4, -0.2) is 34.6 Å². The molecule has 0 fully saturated rings. The quantitative estimate of drug-likeness (QED) is 0.770. The summed E-state index contributed by atoms with van der Waals surface area (Å²) in [6.45, 7) is 1.93.